The molecule has 0 heterocycles. The monoisotopic (exact) mass is 277 g/mol. The first-order chi connectivity index (χ1) is 10.4. The van der Waals surface area contributed by atoms with Gasteiger partial charge in [0.2, 0.25) is 0 Å². The Balaban J connectivity index is 1.76. The third-order valence-corrected chi connectivity index (χ3v) is 4.25. The van der Waals surface area contributed by atoms with Crippen molar-refractivity contribution in [3.8, 4) is 0 Å². The number of rotatable bonds is 5. The van der Waals surface area contributed by atoms with Crippen molar-refractivity contribution in [2.75, 3.05) is 0 Å². The minimum absolute atomic E-state index is 0.406. The lowest BCUT2D eigenvalue weighted by Crippen LogP contribution is -2.28. The maximum absolute atomic E-state index is 3.77. The lowest BCUT2D eigenvalue weighted by atomic mass is 9.85. The predicted octanol–water partition coefficient (Wildman–Crippen LogP) is 4.87. The van der Waals surface area contributed by atoms with Gasteiger partial charge in [-0.25, -0.2) is 0 Å². The smallest absolute Gasteiger partial charge is 0.0386 e. The van der Waals surface area contributed by atoms with Gasteiger partial charge in [0.15, 0.2) is 0 Å². The van der Waals surface area contributed by atoms with Crippen LogP contribution < -0.4 is 5.32 Å². The molecule has 0 saturated heterocycles. The summed E-state index contributed by atoms with van der Waals surface area (Å²) in [6.07, 6.45) is 8.56. The minimum Gasteiger partial charge on any atom is -0.305 e. The Morgan fingerprint density at radius 2 is 1.67 bits per heavy atom. The molecule has 0 saturated carbocycles. The van der Waals surface area contributed by atoms with Crippen LogP contribution in [0.15, 0.2) is 72.8 Å². The molecule has 2 aromatic carbocycles. The fraction of sp³-hybridized carbons (Fsp3) is 0.300. The molecule has 0 fully saturated rings. The second kappa shape index (κ2) is 7.24. The summed E-state index contributed by atoms with van der Waals surface area (Å²) in [7, 11) is 0. The molecule has 2 atom stereocenters. The van der Waals surface area contributed by atoms with Crippen molar-refractivity contribution in [1.82, 2.24) is 5.32 Å². The lowest BCUT2D eigenvalue weighted by molar-refractivity contribution is 0.381. The normalized spacial score (nSPS) is 19.3. The first-order valence-electron chi connectivity index (χ1n) is 7.92. The summed E-state index contributed by atoms with van der Waals surface area (Å²) in [5.41, 5.74) is 2.74. The van der Waals surface area contributed by atoms with Crippen molar-refractivity contribution in [2.45, 2.75) is 31.8 Å². The highest BCUT2D eigenvalue weighted by Crippen LogP contribution is 2.30. The highest BCUT2D eigenvalue weighted by Gasteiger charge is 2.21. The molecule has 21 heavy (non-hydrogen) atoms. The van der Waals surface area contributed by atoms with E-state index < -0.39 is 0 Å². The molecule has 0 aromatic heterocycles. The van der Waals surface area contributed by atoms with Gasteiger partial charge in [0.05, 0.1) is 0 Å². The van der Waals surface area contributed by atoms with Crippen LogP contribution in [0.1, 0.15) is 36.4 Å². The van der Waals surface area contributed by atoms with Crippen LogP contribution in [0.25, 0.3) is 0 Å². The van der Waals surface area contributed by atoms with Crippen LogP contribution in [0.2, 0.25) is 0 Å². The lowest BCUT2D eigenvalue weighted by Gasteiger charge is -2.28. The molecule has 2 aromatic rings. The Morgan fingerprint density at radius 1 is 0.952 bits per heavy atom. The van der Waals surface area contributed by atoms with Gasteiger partial charge in [-0.2, -0.15) is 0 Å². The van der Waals surface area contributed by atoms with Gasteiger partial charge in [-0.1, -0.05) is 72.8 Å². The van der Waals surface area contributed by atoms with E-state index in [2.05, 4.69) is 78.1 Å². The summed E-state index contributed by atoms with van der Waals surface area (Å²) in [5, 5.41) is 3.77. The number of nitrogens with one attached hydrogen (secondary N) is 1. The molecule has 0 radical (unpaired) electrons. The summed E-state index contributed by atoms with van der Waals surface area (Å²) >= 11 is 0. The number of allylic oxidation sites excluding steroid dienone is 1. The fourth-order valence-corrected chi connectivity index (χ4v) is 3.12. The molecule has 0 amide bonds. The van der Waals surface area contributed by atoms with Gasteiger partial charge in [0.1, 0.15) is 0 Å². The van der Waals surface area contributed by atoms with Gasteiger partial charge in [-0.15, -0.1) is 0 Å². The van der Waals surface area contributed by atoms with E-state index in [1.807, 2.05) is 0 Å². The van der Waals surface area contributed by atoms with Gasteiger partial charge < -0.3 is 5.32 Å². The molecule has 0 unspecified atom stereocenters. The van der Waals surface area contributed by atoms with E-state index in [-0.39, 0.29) is 0 Å². The Labute approximate surface area is 127 Å². The van der Waals surface area contributed by atoms with Crippen molar-refractivity contribution in [2.24, 2.45) is 5.92 Å². The van der Waals surface area contributed by atoms with E-state index in [4.69, 9.17) is 0 Å². The SMILES string of the molecule is C1=C[C@@H]([C@@H](NCc2ccccc2)c2ccccc2)CCC1. The Bertz CT molecular complexity index is 559. The van der Waals surface area contributed by atoms with E-state index in [1.165, 1.54) is 30.4 Å². The first kappa shape index (κ1) is 14.1. The summed E-state index contributed by atoms with van der Waals surface area (Å²) < 4.78 is 0. The zero-order valence-electron chi connectivity index (χ0n) is 12.4. The molecule has 1 nitrogen and oxygen atoms in total. The van der Waals surface area contributed by atoms with Crippen molar-refractivity contribution >= 4 is 0 Å². The molecular formula is C20H23N. The highest BCUT2D eigenvalue weighted by molar-refractivity contribution is 5.22. The van der Waals surface area contributed by atoms with Crippen molar-refractivity contribution < 1.29 is 0 Å². The van der Waals surface area contributed by atoms with Gasteiger partial charge >= 0.3 is 0 Å². The number of hydrogen-bond acceptors (Lipinski definition) is 1. The van der Waals surface area contributed by atoms with Crippen LogP contribution in [-0.4, -0.2) is 0 Å². The van der Waals surface area contributed by atoms with Crippen LogP contribution in [-0.2, 0) is 6.54 Å². The molecular weight excluding hydrogens is 254 g/mol. The van der Waals surface area contributed by atoms with Crippen LogP contribution in [0.3, 0.4) is 0 Å². The van der Waals surface area contributed by atoms with Gasteiger partial charge in [-0.05, 0) is 36.3 Å². The summed E-state index contributed by atoms with van der Waals surface area (Å²) in [6.45, 7) is 0.921. The fourth-order valence-electron chi connectivity index (χ4n) is 3.12. The molecule has 1 aliphatic rings. The summed E-state index contributed by atoms with van der Waals surface area (Å²) in [6, 6.07) is 21.9. The minimum atomic E-state index is 0.406. The topological polar surface area (TPSA) is 12.0 Å². The van der Waals surface area contributed by atoms with Crippen LogP contribution >= 0.6 is 0 Å². The third-order valence-electron chi connectivity index (χ3n) is 4.25. The van der Waals surface area contributed by atoms with E-state index in [0.717, 1.165) is 6.54 Å². The second-order valence-electron chi connectivity index (χ2n) is 5.78. The summed E-state index contributed by atoms with van der Waals surface area (Å²) in [4.78, 5) is 0. The molecule has 1 N–H and O–H groups in total. The number of benzene rings is 2. The zero-order chi connectivity index (χ0) is 14.3. The van der Waals surface area contributed by atoms with Gasteiger partial charge in [0, 0.05) is 12.6 Å². The molecule has 0 bridgehead atoms. The molecule has 1 heteroatoms. The van der Waals surface area contributed by atoms with Gasteiger partial charge in [-0.3, -0.25) is 0 Å². The quantitative estimate of drug-likeness (QED) is 0.768. The van der Waals surface area contributed by atoms with Gasteiger partial charge in [0.25, 0.3) is 0 Å². The first-order valence-corrected chi connectivity index (χ1v) is 7.92. The molecule has 1 aliphatic carbocycles. The largest absolute Gasteiger partial charge is 0.305 e. The Hall–Kier alpha value is -1.86. The predicted molar refractivity (Wildman–Crippen MR) is 88.9 cm³/mol. The Kier molecular flexibility index (Phi) is 4.86. The zero-order valence-corrected chi connectivity index (χ0v) is 12.4. The van der Waals surface area contributed by atoms with Crippen LogP contribution in [0.4, 0.5) is 0 Å². The third kappa shape index (κ3) is 3.83. The molecule has 3 rings (SSSR count). The van der Waals surface area contributed by atoms with Crippen LogP contribution in [0, 0.1) is 5.92 Å². The average molecular weight is 277 g/mol. The maximum atomic E-state index is 3.77. The highest BCUT2D eigenvalue weighted by atomic mass is 14.9. The summed E-state index contributed by atoms with van der Waals surface area (Å²) in [5.74, 6) is 0.602. The number of hydrogen-bond donors (Lipinski definition) is 1. The van der Waals surface area contributed by atoms with Crippen molar-refractivity contribution in [3.63, 3.8) is 0 Å². The van der Waals surface area contributed by atoms with E-state index in [1.54, 1.807) is 0 Å². The van der Waals surface area contributed by atoms with Crippen LogP contribution in [0.5, 0.6) is 0 Å². The van der Waals surface area contributed by atoms with E-state index in [0.29, 0.717) is 12.0 Å². The van der Waals surface area contributed by atoms with E-state index >= 15 is 0 Å². The molecule has 108 valence electrons. The standard InChI is InChI=1S/C20H23N/c1-4-10-17(11-5-1)16-21-20(18-12-6-2-7-13-18)19-14-8-3-9-15-19/h1-2,4-8,10-14,19-21H,3,9,15-16H2/t19-,20+/m1/s1. The Morgan fingerprint density at radius 3 is 2.33 bits per heavy atom. The van der Waals surface area contributed by atoms with E-state index in [9.17, 15) is 0 Å². The average Bonchev–Trinajstić information content (AvgIpc) is 2.58. The molecule has 0 aliphatic heterocycles. The second-order valence-corrected chi connectivity index (χ2v) is 5.78. The van der Waals surface area contributed by atoms with Crippen molar-refractivity contribution in [1.29, 1.82) is 0 Å². The van der Waals surface area contributed by atoms with Crippen molar-refractivity contribution in [3.05, 3.63) is 83.9 Å². The molecule has 0 spiro atoms. The maximum Gasteiger partial charge on any atom is 0.0386 e.